The SMILES string of the molecule is Cc1ccc(Cl)c(Nc2ccccc2CC(=O)OCC#N)c1Cl. The molecule has 0 saturated carbocycles. The quantitative estimate of drug-likeness (QED) is 0.798. The zero-order chi connectivity index (χ0) is 16.8. The second-order valence-electron chi connectivity index (χ2n) is 4.83. The molecule has 118 valence electrons. The summed E-state index contributed by atoms with van der Waals surface area (Å²) in [4.78, 5) is 11.7. The molecule has 2 aromatic rings. The summed E-state index contributed by atoms with van der Waals surface area (Å²) in [7, 11) is 0. The van der Waals surface area contributed by atoms with Gasteiger partial charge in [-0.25, -0.2) is 0 Å². The van der Waals surface area contributed by atoms with Crippen molar-refractivity contribution < 1.29 is 9.53 Å². The fourth-order valence-corrected chi connectivity index (χ4v) is 2.49. The van der Waals surface area contributed by atoms with Crippen LogP contribution in [0.1, 0.15) is 11.1 Å². The summed E-state index contributed by atoms with van der Waals surface area (Å²) >= 11 is 12.5. The van der Waals surface area contributed by atoms with E-state index in [9.17, 15) is 4.79 Å². The zero-order valence-electron chi connectivity index (χ0n) is 12.4. The van der Waals surface area contributed by atoms with E-state index >= 15 is 0 Å². The van der Waals surface area contributed by atoms with Crippen LogP contribution in [0.15, 0.2) is 36.4 Å². The number of carbonyl (C=O) groups excluding carboxylic acids is 1. The first-order valence-corrected chi connectivity index (χ1v) is 7.60. The lowest BCUT2D eigenvalue weighted by Gasteiger charge is -2.15. The lowest BCUT2D eigenvalue weighted by atomic mass is 10.1. The number of rotatable bonds is 5. The number of nitrogens with one attached hydrogen (secondary N) is 1. The number of para-hydroxylation sites is 1. The van der Waals surface area contributed by atoms with Crippen LogP contribution in [0.4, 0.5) is 11.4 Å². The molecule has 0 aliphatic carbocycles. The van der Waals surface area contributed by atoms with Crippen molar-refractivity contribution in [2.45, 2.75) is 13.3 Å². The second-order valence-corrected chi connectivity index (χ2v) is 5.62. The van der Waals surface area contributed by atoms with Gasteiger partial charge < -0.3 is 10.1 Å². The molecule has 2 aromatic carbocycles. The third-order valence-corrected chi connectivity index (χ3v) is 4.00. The van der Waals surface area contributed by atoms with E-state index in [0.717, 1.165) is 11.1 Å². The second kappa shape index (κ2) is 7.87. The van der Waals surface area contributed by atoms with E-state index in [4.69, 9.17) is 33.2 Å². The van der Waals surface area contributed by atoms with Gasteiger partial charge in [-0.05, 0) is 30.2 Å². The predicted octanol–water partition coefficient (Wildman–Crippen LogP) is 4.65. The highest BCUT2D eigenvalue weighted by molar-refractivity contribution is 6.39. The van der Waals surface area contributed by atoms with Crippen molar-refractivity contribution in [2.75, 3.05) is 11.9 Å². The van der Waals surface area contributed by atoms with Crippen molar-refractivity contribution in [3.8, 4) is 6.07 Å². The van der Waals surface area contributed by atoms with Gasteiger partial charge in [0.05, 0.1) is 22.2 Å². The molecule has 23 heavy (non-hydrogen) atoms. The molecule has 0 aliphatic heterocycles. The number of aryl methyl sites for hydroxylation is 1. The van der Waals surface area contributed by atoms with E-state index in [1.54, 1.807) is 18.2 Å². The van der Waals surface area contributed by atoms with Gasteiger partial charge in [0.25, 0.3) is 0 Å². The smallest absolute Gasteiger partial charge is 0.311 e. The van der Waals surface area contributed by atoms with Gasteiger partial charge in [-0.15, -0.1) is 0 Å². The molecule has 4 nitrogen and oxygen atoms in total. The van der Waals surface area contributed by atoms with Gasteiger partial charge in [0.2, 0.25) is 0 Å². The average Bonchev–Trinajstić information content (AvgIpc) is 2.54. The van der Waals surface area contributed by atoms with Crippen LogP contribution in [0.3, 0.4) is 0 Å². The van der Waals surface area contributed by atoms with Crippen molar-refractivity contribution in [3.63, 3.8) is 0 Å². The maximum atomic E-state index is 11.7. The maximum Gasteiger partial charge on any atom is 0.311 e. The molecule has 0 aromatic heterocycles. The minimum Gasteiger partial charge on any atom is -0.450 e. The maximum absolute atomic E-state index is 11.7. The molecule has 0 unspecified atom stereocenters. The zero-order valence-corrected chi connectivity index (χ0v) is 13.9. The van der Waals surface area contributed by atoms with E-state index < -0.39 is 5.97 Å². The number of halogens is 2. The van der Waals surface area contributed by atoms with Crippen LogP contribution in [0.5, 0.6) is 0 Å². The van der Waals surface area contributed by atoms with Crippen LogP contribution in [0, 0.1) is 18.3 Å². The van der Waals surface area contributed by atoms with Crippen molar-refractivity contribution in [3.05, 3.63) is 57.6 Å². The molecule has 0 heterocycles. The van der Waals surface area contributed by atoms with E-state index in [0.29, 0.717) is 21.4 Å². The van der Waals surface area contributed by atoms with Crippen molar-refractivity contribution in [2.24, 2.45) is 0 Å². The van der Waals surface area contributed by atoms with Crippen LogP contribution in [-0.4, -0.2) is 12.6 Å². The molecule has 0 aliphatic rings. The van der Waals surface area contributed by atoms with E-state index in [-0.39, 0.29) is 13.0 Å². The van der Waals surface area contributed by atoms with Gasteiger partial charge in [0.15, 0.2) is 6.61 Å². The van der Waals surface area contributed by atoms with Crippen LogP contribution in [0.25, 0.3) is 0 Å². The highest BCUT2D eigenvalue weighted by Crippen LogP contribution is 2.36. The number of esters is 1. The Morgan fingerprint density at radius 3 is 2.74 bits per heavy atom. The number of hydrogen-bond acceptors (Lipinski definition) is 4. The third kappa shape index (κ3) is 4.38. The van der Waals surface area contributed by atoms with Crippen molar-refractivity contribution >= 4 is 40.5 Å². The molecule has 0 bridgehead atoms. The number of nitrogens with zero attached hydrogens (tertiary/aromatic N) is 1. The van der Waals surface area contributed by atoms with E-state index in [1.807, 2.05) is 31.2 Å². The van der Waals surface area contributed by atoms with Gasteiger partial charge in [-0.3, -0.25) is 4.79 Å². The Labute approximate surface area is 144 Å². The van der Waals surface area contributed by atoms with Crippen molar-refractivity contribution in [1.82, 2.24) is 0 Å². The molecule has 2 rings (SSSR count). The minimum atomic E-state index is -0.470. The number of ether oxygens (including phenoxy) is 1. The van der Waals surface area contributed by atoms with E-state index in [1.165, 1.54) is 0 Å². The first kappa shape index (κ1) is 17.1. The van der Waals surface area contributed by atoms with E-state index in [2.05, 4.69) is 5.32 Å². The Morgan fingerprint density at radius 1 is 1.26 bits per heavy atom. The molecule has 0 saturated heterocycles. The summed E-state index contributed by atoms with van der Waals surface area (Å²) in [6.07, 6.45) is 0.0475. The van der Waals surface area contributed by atoms with Crippen LogP contribution in [-0.2, 0) is 16.0 Å². The number of anilines is 2. The standard InChI is InChI=1S/C17H14Cl2N2O2/c1-11-6-7-13(18)17(16(11)19)21-14-5-3-2-4-12(14)10-15(22)23-9-8-20/h2-7,21H,9-10H2,1H3. The molecule has 0 fully saturated rings. The highest BCUT2D eigenvalue weighted by atomic mass is 35.5. The first-order chi connectivity index (χ1) is 11.0. The third-order valence-electron chi connectivity index (χ3n) is 3.19. The molecule has 1 N–H and O–H groups in total. The summed E-state index contributed by atoms with van der Waals surface area (Å²) in [6.45, 7) is 1.62. The van der Waals surface area contributed by atoms with Gasteiger partial charge in [-0.2, -0.15) is 5.26 Å². The molecule has 6 heteroatoms. The number of benzene rings is 2. The normalized spacial score (nSPS) is 10.0. The molecular formula is C17H14Cl2N2O2. The summed E-state index contributed by atoms with van der Waals surface area (Å²) in [5.41, 5.74) is 2.91. The van der Waals surface area contributed by atoms with Gasteiger partial charge in [0, 0.05) is 5.69 Å². The lowest BCUT2D eigenvalue weighted by Crippen LogP contribution is -2.09. The number of nitriles is 1. The Balaban J connectivity index is 2.27. The summed E-state index contributed by atoms with van der Waals surface area (Å²) in [5, 5.41) is 12.6. The van der Waals surface area contributed by atoms with Crippen LogP contribution >= 0.6 is 23.2 Å². The van der Waals surface area contributed by atoms with Gasteiger partial charge in [0.1, 0.15) is 6.07 Å². The number of carbonyl (C=O) groups is 1. The minimum absolute atomic E-state index is 0.0475. The summed E-state index contributed by atoms with van der Waals surface area (Å²) in [5.74, 6) is -0.470. The molecule has 0 amide bonds. The topological polar surface area (TPSA) is 62.1 Å². The fourth-order valence-electron chi connectivity index (χ4n) is 2.02. The number of hydrogen-bond donors (Lipinski definition) is 1. The summed E-state index contributed by atoms with van der Waals surface area (Å²) in [6, 6.07) is 12.6. The Bertz CT molecular complexity index is 770. The monoisotopic (exact) mass is 348 g/mol. The van der Waals surface area contributed by atoms with Crippen LogP contribution in [0.2, 0.25) is 10.0 Å². The Hall–Kier alpha value is -2.22. The molecular weight excluding hydrogens is 335 g/mol. The first-order valence-electron chi connectivity index (χ1n) is 6.85. The van der Waals surface area contributed by atoms with Gasteiger partial charge >= 0.3 is 5.97 Å². The largest absolute Gasteiger partial charge is 0.450 e. The predicted molar refractivity (Wildman–Crippen MR) is 91.2 cm³/mol. The average molecular weight is 349 g/mol. The molecule has 0 atom stereocenters. The Morgan fingerprint density at radius 2 is 2.00 bits per heavy atom. The fraction of sp³-hybridized carbons (Fsp3) is 0.176. The lowest BCUT2D eigenvalue weighted by molar-refractivity contribution is -0.141. The summed E-state index contributed by atoms with van der Waals surface area (Å²) < 4.78 is 4.79. The van der Waals surface area contributed by atoms with Gasteiger partial charge in [-0.1, -0.05) is 47.5 Å². The molecule has 0 spiro atoms. The highest BCUT2D eigenvalue weighted by Gasteiger charge is 2.13. The van der Waals surface area contributed by atoms with Crippen LogP contribution < -0.4 is 5.32 Å². The Kier molecular flexibility index (Phi) is 5.86. The van der Waals surface area contributed by atoms with Crippen molar-refractivity contribution in [1.29, 1.82) is 5.26 Å². The molecule has 0 radical (unpaired) electrons.